The van der Waals surface area contributed by atoms with Crippen molar-refractivity contribution in [1.29, 1.82) is 0 Å². The third-order valence-corrected chi connectivity index (χ3v) is 4.29. The van der Waals surface area contributed by atoms with Crippen molar-refractivity contribution in [3.8, 4) is 0 Å². The molecule has 1 saturated heterocycles. The number of amides is 1. The molecule has 0 aromatic heterocycles. The number of aliphatic carboxylic acids is 1. The molecule has 0 radical (unpaired) electrons. The molecule has 1 aliphatic heterocycles. The van der Waals surface area contributed by atoms with E-state index in [2.05, 4.69) is 15.9 Å². The zero-order chi connectivity index (χ0) is 14.7. The van der Waals surface area contributed by atoms with Gasteiger partial charge in [-0.15, -0.1) is 0 Å². The number of aryl methyl sites for hydroxylation is 1. The minimum Gasteiger partial charge on any atom is -0.480 e. The summed E-state index contributed by atoms with van der Waals surface area (Å²) < 4.78 is 0.924. The van der Waals surface area contributed by atoms with Gasteiger partial charge in [-0.1, -0.05) is 22.0 Å². The van der Waals surface area contributed by atoms with Gasteiger partial charge < -0.3 is 10.0 Å². The zero-order valence-corrected chi connectivity index (χ0v) is 12.9. The van der Waals surface area contributed by atoms with Gasteiger partial charge in [-0.05, 0) is 24.6 Å². The Hall–Kier alpha value is -1.40. The highest BCUT2D eigenvalue weighted by Crippen LogP contribution is 2.19. The van der Waals surface area contributed by atoms with Gasteiger partial charge in [0.15, 0.2) is 0 Å². The molecule has 0 saturated carbocycles. The van der Waals surface area contributed by atoms with Gasteiger partial charge in [-0.25, -0.2) is 0 Å². The van der Waals surface area contributed by atoms with Crippen LogP contribution in [0.4, 0.5) is 0 Å². The highest BCUT2D eigenvalue weighted by Gasteiger charge is 2.23. The largest absolute Gasteiger partial charge is 0.480 e. The molecule has 20 heavy (non-hydrogen) atoms. The number of carboxylic acids is 1. The fraction of sp³-hybridized carbons (Fsp3) is 0.429. The van der Waals surface area contributed by atoms with E-state index in [9.17, 15) is 9.59 Å². The molecule has 0 unspecified atom stereocenters. The Morgan fingerprint density at radius 2 is 1.90 bits per heavy atom. The van der Waals surface area contributed by atoms with Gasteiger partial charge in [0.25, 0.3) is 5.91 Å². The van der Waals surface area contributed by atoms with Crippen molar-refractivity contribution in [2.45, 2.75) is 6.92 Å². The van der Waals surface area contributed by atoms with Crippen molar-refractivity contribution in [1.82, 2.24) is 9.80 Å². The lowest BCUT2D eigenvalue weighted by Gasteiger charge is -2.33. The second-order valence-electron chi connectivity index (χ2n) is 4.93. The van der Waals surface area contributed by atoms with Crippen LogP contribution in [0.15, 0.2) is 22.7 Å². The Labute approximate surface area is 126 Å². The van der Waals surface area contributed by atoms with Crippen LogP contribution in [0, 0.1) is 6.92 Å². The number of piperazine rings is 1. The molecule has 1 fully saturated rings. The summed E-state index contributed by atoms with van der Waals surface area (Å²) in [6.45, 7) is 4.35. The predicted molar refractivity (Wildman–Crippen MR) is 78.9 cm³/mol. The average Bonchev–Trinajstić information content (AvgIpc) is 2.41. The fourth-order valence-corrected chi connectivity index (χ4v) is 2.59. The fourth-order valence-electron chi connectivity index (χ4n) is 2.21. The summed E-state index contributed by atoms with van der Waals surface area (Å²) in [4.78, 5) is 26.6. The Bertz CT molecular complexity index is 525. The topological polar surface area (TPSA) is 60.9 Å². The molecule has 1 heterocycles. The molecular weight excluding hydrogens is 324 g/mol. The number of carboxylic acid groups (broad SMARTS) is 1. The van der Waals surface area contributed by atoms with Gasteiger partial charge >= 0.3 is 5.97 Å². The standard InChI is InChI=1S/C14H17BrN2O3/c1-10-2-3-11(8-12(10)15)14(20)17-6-4-16(5-7-17)9-13(18)19/h2-3,8H,4-7,9H2,1H3,(H,18,19). The molecule has 0 bridgehead atoms. The monoisotopic (exact) mass is 340 g/mol. The SMILES string of the molecule is Cc1ccc(C(=O)N2CCN(CC(=O)O)CC2)cc1Br. The van der Waals surface area contributed by atoms with Crippen LogP contribution < -0.4 is 0 Å². The minimum absolute atomic E-state index is 0.000625. The smallest absolute Gasteiger partial charge is 0.317 e. The summed E-state index contributed by atoms with van der Waals surface area (Å²) in [5.41, 5.74) is 1.75. The van der Waals surface area contributed by atoms with E-state index in [1.165, 1.54) is 0 Å². The third kappa shape index (κ3) is 3.58. The Balaban J connectivity index is 1.97. The van der Waals surface area contributed by atoms with Gasteiger partial charge in [0, 0.05) is 36.2 Å². The second-order valence-corrected chi connectivity index (χ2v) is 5.78. The van der Waals surface area contributed by atoms with Gasteiger partial charge in [0.2, 0.25) is 0 Å². The number of hydrogen-bond donors (Lipinski definition) is 1. The number of halogens is 1. The highest BCUT2D eigenvalue weighted by molar-refractivity contribution is 9.10. The van der Waals surface area contributed by atoms with Crippen LogP contribution in [0.25, 0.3) is 0 Å². The lowest BCUT2D eigenvalue weighted by molar-refractivity contribution is -0.138. The molecule has 0 spiro atoms. The molecule has 2 rings (SSSR count). The van der Waals surface area contributed by atoms with E-state index in [0.29, 0.717) is 31.7 Å². The summed E-state index contributed by atoms with van der Waals surface area (Å²) >= 11 is 3.43. The van der Waals surface area contributed by atoms with Crippen LogP contribution in [0.3, 0.4) is 0 Å². The van der Waals surface area contributed by atoms with E-state index < -0.39 is 5.97 Å². The lowest BCUT2D eigenvalue weighted by Crippen LogP contribution is -2.49. The van der Waals surface area contributed by atoms with Gasteiger partial charge in [-0.3, -0.25) is 14.5 Å². The Kier molecular flexibility index (Phi) is 4.77. The highest BCUT2D eigenvalue weighted by atomic mass is 79.9. The third-order valence-electron chi connectivity index (χ3n) is 3.44. The van der Waals surface area contributed by atoms with Crippen molar-refractivity contribution in [2.75, 3.05) is 32.7 Å². The number of benzene rings is 1. The van der Waals surface area contributed by atoms with Crippen LogP contribution in [-0.2, 0) is 4.79 Å². The summed E-state index contributed by atoms with van der Waals surface area (Å²) in [5.74, 6) is -0.826. The first kappa shape index (κ1) is 15.0. The normalized spacial score (nSPS) is 16.2. The number of rotatable bonds is 3. The van der Waals surface area contributed by atoms with Crippen molar-refractivity contribution >= 4 is 27.8 Å². The number of carbonyl (C=O) groups excluding carboxylic acids is 1. The van der Waals surface area contributed by atoms with E-state index in [1.54, 1.807) is 4.90 Å². The number of nitrogens with zero attached hydrogens (tertiary/aromatic N) is 2. The first-order valence-electron chi connectivity index (χ1n) is 6.47. The van der Waals surface area contributed by atoms with Gasteiger partial charge in [0.05, 0.1) is 6.54 Å². The van der Waals surface area contributed by atoms with Crippen LogP contribution in [0.2, 0.25) is 0 Å². The maximum absolute atomic E-state index is 12.4. The number of carbonyl (C=O) groups is 2. The molecule has 1 amide bonds. The van der Waals surface area contributed by atoms with Crippen molar-refractivity contribution in [3.63, 3.8) is 0 Å². The molecule has 6 heteroatoms. The minimum atomic E-state index is -0.827. The van der Waals surface area contributed by atoms with Gasteiger partial charge in [-0.2, -0.15) is 0 Å². The average molecular weight is 341 g/mol. The molecule has 0 aliphatic carbocycles. The summed E-state index contributed by atoms with van der Waals surface area (Å²) in [7, 11) is 0. The zero-order valence-electron chi connectivity index (χ0n) is 11.3. The second kappa shape index (κ2) is 6.37. The molecule has 5 nitrogen and oxygen atoms in total. The van der Waals surface area contributed by atoms with E-state index in [-0.39, 0.29) is 12.5 Å². The molecule has 1 aromatic carbocycles. The molecular formula is C14H17BrN2O3. The summed E-state index contributed by atoms with van der Waals surface area (Å²) in [5, 5.41) is 8.75. The molecule has 1 aromatic rings. The van der Waals surface area contributed by atoms with Crippen LogP contribution in [0.5, 0.6) is 0 Å². The molecule has 0 atom stereocenters. The predicted octanol–water partition coefficient (Wildman–Crippen LogP) is 1.60. The maximum Gasteiger partial charge on any atom is 0.317 e. The van der Waals surface area contributed by atoms with Gasteiger partial charge in [0.1, 0.15) is 0 Å². The summed E-state index contributed by atoms with van der Waals surface area (Å²) in [6, 6.07) is 5.57. The van der Waals surface area contributed by atoms with E-state index in [0.717, 1.165) is 10.0 Å². The van der Waals surface area contributed by atoms with E-state index in [1.807, 2.05) is 30.0 Å². The van der Waals surface area contributed by atoms with E-state index in [4.69, 9.17) is 5.11 Å². The van der Waals surface area contributed by atoms with Crippen LogP contribution >= 0.6 is 15.9 Å². The van der Waals surface area contributed by atoms with Crippen molar-refractivity contribution in [2.24, 2.45) is 0 Å². The number of hydrogen-bond acceptors (Lipinski definition) is 3. The van der Waals surface area contributed by atoms with Crippen molar-refractivity contribution < 1.29 is 14.7 Å². The first-order valence-corrected chi connectivity index (χ1v) is 7.26. The maximum atomic E-state index is 12.4. The molecule has 108 valence electrons. The lowest BCUT2D eigenvalue weighted by atomic mass is 10.1. The molecule has 1 aliphatic rings. The van der Waals surface area contributed by atoms with Crippen LogP contribution in [-0.4, -0.2) is 59.5 Å². The quantitative estimate of drug-likeness (QED) is 0.907. The first-order chi connectivity index (χ1) is 9.47. The Morgan fingerprint density at radius 1 is 1.25 bits per heavy atom. The van der Waals surface area contributed by atoms with Crippen LogP contribution in [0.1, 0.15) is 15.9 Å². The Morgan fingerprint density at radius 3 is 2.45 bits per heavy atom. The summed E-state index contributed by atoms with van der Waals surface area (Å²) in [6.07, 6.45) is 0. The van der Waals surface area contributed by atoms with Crippen molar-refractivity contribution in [3.05, 3.63) is 33.8 Å². The molecule has 1 N–H and O–H groups in total. The van der Waals surface area contributed by atoms with E-state index >= 15 is 0 Å².